The second-order valence-corrected chi connectivity index (χ2v) is 5.46. The van der Waals surface area contributed by atoms with Gasteiger partial charge in [0.05, 0.1) is 18.8 Å². The fourth-order valence-electron chi connectivity index (χ4n) is 2.47. The van der Waals surface area contributed by atoms with Crippen molar-refractivity contribution in [3.8, 4) is 0 Å². The molecule has 18 heavy (non-hydrogen) atoms. The van der Waals surface area contributed by atoms with E-state index in [1.165, 1.54) is 0 Å². The van der Waals surface area contributed by atoms with Crippen molar-refractivity contribution < 1.29 is 19.4 Å². The number of nitrogens with zero attached hydrogens (tertiary/aromatic N) is 1. The summed E-state index contributed by atoms with van der Waals surface area (Å²) < 4.78 is 10.8. The van der Waals surface area contributed by atoms with E-state index in [1.54, 1.807) is 7.11 Å². The Morgan fingerprint density at radius 1 is 1.50 bits per heavy atom. The zero-order valence-corrected chi connectivity index (χ0v) is 11.8. The molecule has 1 rings (SSSR count). The first-order valence-corrected chi connectivity index (χ1v) is 6.55. The van der Waals surface area contributed by atoms with Gasteiger partial charge in [-0.05, 0) is 19.3 Å². The quantitative estimate of drug-likeness (QED) is 0.777. The van der Waals surface area contributed by atoms with Crippen molar-refractivity contribution >= 4 is 5.97 Å². The molecule has 0 aromatic heterocycles. The van der Waals surface area contributed by atoms with Crippen LogP contribution in [0.4, 0.5) is 0 Å². The van der Waals surface area contributed by atoms with Gasteiger partial charge in [-0.25, -0.2) is 0 Å². The van der Waals surface area contributed by atoms with Crippen LogP contribution in [0.1, 0.15) is 27.2 Å². The normalized spacial score (nSPS) is 27.4. The van der Waals surface area contributed by atoms with Gasteiger partial charge in [0, 0.05) is 20.2 Å². The van der Waals surface area contributed by atoms with Crippen molar-refractivity contribution in [2.45, 2.75) is 45.4 Å². The van der Waals surface area contributed by atoms with Gasteiger partial charge in [-0.2, -0.15) is 0 Å². The number of hydrogen-bond acceptors (Lipinski definition) is 4. The topological polar surface area (TPSA) is 59.0 Å². The Morgan fingerprint density at radius 2 is 2.17 bits per heavy atom. The van der Waals surface area contributed by atoms with Crippen molar-refractivity contribution in [1.29, 1.82) is 0 Å². The fraction of sp³-hybridized carbons (Fsp3) is 0.923. The van der Waals surface area contributed by atoms with E-state index in [4.69, 9.17) is 9.47 Å². The molecule has 3 unspecified atom stereocenters. The molecular formula is C13H25NO4. The minimum Gasteiger partial charge on any atom is -0.480 e. The van der Waals surface area contributed by atoms with E-state index in [2.05, 4.69) is 0 Å². The lowest BCUT2D eigenvalue weighted by atomic mass is 10.0. The van der Waals surface area contributed by atoms with Crippen LogP contribution in [0.15, 0.2) is 0 Å². The molecule has 1 fully saturated rings. The van der Waals surface area contributed by atoms with E-state index in [0.717, 1.165) is 0 Å². The van der Waals surface area contributed by atoms with Crippen LogP contribution in [0.3, 0.4) is 0 Å². The summed E-state index contributed by atoms with van der Waals surface area (Å²) >= 11 is 0. The second-order valence-electron chi connectivity index (χ2n) is 5.46. The van der Waals surface area contributed by atoms with Crippen molar-refractivity contribution in [1.82, 2.24) is 4.90 Å². The molecule has 0 aromatic rings. The van der Waals surface area contributed by atoms with Crippen LogP contribution in [0.5, 0.6) is 0 Å². The van der Waals surface area contributed by atoms with Crippen molar-refractivity contribution in [3.63, 3.8) is 0 Å². The van der Waals surface area contributed by atoms with Gasteiger partial charge in [0.15, 0.2) is 0 Å². The number of morpholine rings is 1. The maximum atomic E-state index is 11.4. The predicted molar refractivity (Wildman–Crippen MR) is 68.7 cm³/mol. The van der Waals surface area contributed by atoms with Gasteiger partial charge in [0.25, 0.3) is 0 Å². The maximum absolute atomic E-state index is 11.4. The van der Waals surface area contributed by atoms with E-state index in [9.17, 15) is 9.90 Å². The molecule has 0 bridgehead atoms. The van der Waals surface area contributed by atoms with Crippen molar-refractivity contribution in [2.75, 3.05) is 26.8 Å². The first kappa shape index (κ1) is 15.4. The summed E-state index contributed by atoms with van der Waals surface area (Å²) in [5.41, 5.74) is 0. The molecule has 5 nitrogen and oxygen atoms in total. The van der Waals surface area contributed by atoms with Gasteiger partial charge in [-0.3, -0.25) is 9.69 Å². The largest absolute Gasteiger partial charge is 0.480 e. The standard InChI is InChI=1S/C13H25NO4/c1-9(2)5-12(13(15)16)14-6-10(3)18-11(7-14)8-17-4/h9-12H,5-8H2,1-4H3,(H,15,16). The van der Waals surface area contributed by atoms with Crippen LogP contribution >= 0.6 is 0 Å². The fourth-order valence-corrected chi connectivity index (χ4v) is 2.47. The monoisotopic (exact) mass is 259 g/mol. The van der Waals surface area contributed by atoms with Crippen molar-refractivity contribution in [3.05, 3.63) is 0 Å². The molecule has 1 heterocycles. The molecule has 0 saturated carbocycles. The Kier molecular flexibility index (Phi) is 6.05. The highest BCUT2D eigenvalue weighted by Crippen LogP contribution is 2.19. The summed E-state index contributed by atoms with van der Waals surface area (Å²) in [6.07, 6.45) is 0.683. The van der Waals surface area contributed by atoms with Crippen LogP contribution in [0.25, 0.3) is 0 Å². The highest BCUT2D eigenvalue weighted by atomic mass is 16.5. The van der Waals surface area contributed by atoms with Gasteiger partial charge < -0.3 is 14.6 Å². The summed E-state index contributed by atoms with van der Waals surface area (Å²) in [6, 6.07) is -0.421. The third-order valence-corrected chi connectivity index (χ3v) is 3.13. The average molecular weight is 259 g/mol. The summed E-state index contributed by atoms with van der Waals surface area (Å²) in [5.74, 6) is -0.376. The summed E-state index contributed by atoms with van der Waals surface area (Å²) in [4.78, 5) is 13.4. The lowest BCUT2D eigenvalue weighted by molar-refractivity contribution is -0.153. The zero-order valence-electron chi connectivity index (χ0n) is 11.8. The zero-order chi connectivity index (χ0) is 13.7. The van der Waals surface area contributed by atoms with Crippen LogP contribution in [0, 0.1) is 5.92 Å². The van der Waals surface area contributed by atoms with Crippen LogP contribution in [0.2, 0.25) is 0 Å². The number of methoxy groups -OCH3 is 1. The SMILES string of the molecule is COCC1CN(C(CC(C)C)C(=O)O)CC(C)O1. The minimum atomic E-state index is -0.742. The number of carboxylic acids is 1. The smallest absolute Gasteiger partial charge is 0.320 e. The van der Waals surface area contributed by atoms with E-state index < -0.39 is 12.0 Å². The summed E-state index contributed by atoms with van der Waals surface area (Å²) in [7, 11) is 1.63. The van der Waals surface area contributed by atoms with Gasteiger partial charge in [-0.15, -0.1) is 0 Å². The molecule has 3 atom stereocenters. The van der Waals surface area contributed by atoms with Gasteiger partial charge in [0.1, 0.15) is 6.04 Å². The lowest BCUT2D eigenvalue weighted by Gasteiger charge is -2.39. The molecule has 1 saturated heterocycles. The highest BCUT2D eigenvalue weighted by molar-refractivity contribution is 5.73. The molecule has 0 aliphatic carbocycles. The molecule has 0 spiro atoms. The molecule has 1 aliphatic rings. The first-order valence-electron chi connectivity index (χ1n) is 6.55. The van der Waals surface area contributed by atoms with Crippen molar-refractivity contribution in [2.24, 2.45) is 5.92 Å². The summed E-state index contributed by atoms with van der Waals surface area (Å²) in [5, 5.41) is 9.36. The minimum absolute atomic E-state index is 0.0345. The van der Waals surface area contributed by atoms with E-state index in [-0.39, 0.29) is 12.2 Å². The third kappa shape index (κ3) is 4.55. The number of aliphatic carboxylic acids is 1. The molecule has 0 amide bonds. The Hall–Kier alpha value is -0.650. The number of ether oxygens (including phenoxy) is 2. The van der Waals surface area contributed by atoms with Crippen LogP contribution < -0.4 is 0 Å². The van der Waals surface area contributed by atoms with E-state index >= 15 is 0 Å². The predicted octanol–water partition coefficient (Wildman–Crippen LogP) is 1.22. The molecule has 1 N–H and O–H groups in total. The molecule has 5 heteroatoms. The number of carbonyl (C=O) groups is 1. The average Bonchev–Trinajstić information content (AvgIpc) is 2.24. The third-order valence-electron chi connectivity index (χ3n) is 3.13. The van der Waals surface area contributed by atoms with Crippen LogP contribution in [-0.2, 0) is 14.3 Å². The lowest BCUT2D eigenvalue weighted by Crippen LogP contribution is -2.54. The molecule has 0 aromatic carbocycles. The van der Waals surface area contributed by atoms with Gasteiger partial charge in [-0.1, -0.05) is 13.8 Å². The maximum Gasteiger partial charge on any atom is 0.320 e. The molecular weight excluding hydrogens is 234 g/mol. The Morgan fingerprint density at radius 3 is 2.67 bits per heavy atom. The van der Waals surface area contributed by atoms with E-state index in [1.807, 2.05) is 25.7 Å². The van der Waals surface area contributed by atoms with Crippen LogP contribution in [-0.4, -0.2) is 61.0 Å². The van der Waals surface area contributed by atoms with Gasteiger partial charge in [0.2, 0.25) is 0 Å². The summed E-state index contributed by atoms with van der Waals surface area (Å²) in [6.45, 7) is 7.88. The van der Waals surface area contributed by atoms with E-state index in [0.29, 0.717) is 32.0 Å². The molecule has 106 valence electrons. The molecule has 0 radical (unpaired) electrons. The Bertz CT molecular complexity index is 270. The first-order chi connectivity index (χ1) is 8.43. The number of carboxylic acid groups (broad SMARTS) is 1. The highest BCUT2D eigenvalue weighted by Gasteiger charge is 2.33. The Labute approximate surface area is 109 Å². The number of rotatable bonds is 6. The Balaban J connectivity index is 2.67. The molecule has 1 aliphatic heterocycles. The second kappa shape index (κ2) is 7.07. The number of hydrogen-bond donors (Lipinski definition) is 1. The van der Waals surface area contributed by atoms with Gasteiger partial charge >= 0.3 is 5.97 Å².